The lowest BCUT2D eigenvalue weighted by Gasteiger charge is -2.12. The second kappa shape index (κ2) is 10.3. The maximum absolute atomic E-state index is 11.1. The van der Waals surface area contributed by atoms with Gasteiger partial charge in [0.25, 0.3) is 0 Å². The van der Waals surface area contributed by atoms with E-state index in [1.54, 1.807) is 12.3 Å². The SMILES string of the molecule is Cc1cc(/C=N\Nc2ncccc2[N+](=O)[O-])c(C)n1-c1ccc(OCc2ccccc2C#N)cc1. The van der Waals surface area contributed by atoms with Crippen molar-refractivity contribution in [2.45, 2.75) is 20.5 Å². The van der Waals surface area contributed by atoms with Gasteiger partial charge in [-0.2, -0.15) is 10.4 Å². The number of nitrogens with zero attached hydrogens (tertiary/aromatic N) is 5. The van der Waals surface area contributed by atoms with Crippen molar-refractivity contribution in [1.29, 1.82) is 5.26 Å². The highest BCUT2D eigenvalue weighted by atomic mass is 16.6. The van der Waals surface area contributed by atoms with Crippen LogP contribution < -0.4 is 10.2 Å². The molecule has 0 fully saturated rings. The van der Waals surface area contributed by atoms with Crippen LogP contribution in [0.4, 0.5) is 11.5 Å². The van der Waals surface area contributed by atoms with Crippen molar-refractivity contribution < 1.29 is 9.66 Å². The van der Waals surface area contributed by atoms with Crippen molar-refractivity contribution in [1.82, 2.24) is 9.55 Å². The second-order valence-electron chi connectivity index (χ2n) is 7.71. The number of pyridine rings is 1. The van der Waals surface area contributed by atoms with E-state index in [2.05, 4.69) is 26.1 Å². The van der Waals surface area contributed by atoms with E-state index in [9.17, 15) is 15.4 Å². The van der Waals surface area contributed by atoms with E-state index in [1.807, 2.05) is 62.4 Å². The molecule has 35 heavy (non-hydrogen) atoms. The van der Waals surface area contributed by atoms with Crippen LogP contribution in [0.25, 0.3) is 5.69 Å². The Labute approximate surface area is 202 Å². The number of hydrogen-bond donors (Lipinski definition) is 1. The van der Waals surface area contributed by atoms with Gasteiger partial charge in [-0.1, -0.05) is 18.2 Å². The minimum absolute atomic E-state index is 0.0792. The standard InChI is InChI=1S/C26H22N6O3/c1-18-14-22(16-29-30-26-25(32(33)34)8-5-13-28-26)19(2)31(18)23-9-11-24(12-10-23)35-17-21-7-4-3-6-20(21)15-27/h3-14,16H,17H2,1-2H3,(H,28,30)/b29-16-. The third-order valence-electron chi connectivity index (χ3n) is 5.45. The number of nitro groups is 1. The number of hydrazone groups is 1. The Balaban J connectivity index is 1.47. The van der Waals surface area contributed by atoms with Gasteiger partial charge in [0, 0.05) is 40.5 Å². The summed E-state index contributed by atoms with van der Waals surface area (Å²) < 4.78 is 7.95. The summed E-state index contributed by atoms with van der Waals surface area (Å²) in [7, 11) is 0. The van der Waals surface area contributed by atoms with Crippen LogP contribution in [0.15, 0.2) is 78.0 Å². The van der Waals surface area contributed by atoms with Crippen molar-refractivity contribution in [2.24, 2.45) is 5.10 Å². The Morgan fingerprint density at radius 2 is 1.94 bits per heavy atom. The lowest BCUT2D eigenvalue weighted by atomic mass is 10.1. The van der Waals surface area contributed by atoms with E-state index in [4.69, 9.17) is 4.74 Å². The number of benzene rings is 2. The number of hydrogen-bond acceptors (Lipinski definition) is 7. The van der Waals surface area contributed by atoms with Crippen molar-refractivity contribution in [2.75, 3.05) is 5.43 Å². The first kappa shape index (κ1) is 23.2. The molecule has 0 aliphatic rings. The molecule has 9 heteroatoms. The van der Waals surface area contributed by atoms with Gasteiger partial charge in [-0.05, 0) is 56.3 Å². The molecule has 0 unspecified atom stereocenters. The molecule has 0 spiro atoms. The molecule has 4 rings (SSSR count). The number of rotatable bonds is 8. The summed E-state index contributed by atoms with van der Waals surface area (Å²) in [6.45, 7) is 4.28. The van der Waals surface area contributed by atoms with Crippen LogP contribution in [0.2, 0.25) is 0 Å². The van der Waals surface area contributed by atoms with E-state index in [1.165, 1.54) is 18.3 Å². The number of aromatic nitrogens is 2. The Morgan fingerprint density at radius 3 is 2.69 bits per heavy atom. The Hall–Kier alpha value is -4.97. The summed E-state index contributed by atoms with van der Waals surface area (Å²) >= 11 is 0. The van der Waals surface area contributed by atoms with Crippen LogP contribution in [0.1, 0.15) is 28.1 Å². The number of nitriles is 1. The van der Waals surface area contributed by atoms with Gasteiger partial charge in [-0.3, -0.25) is 15.5 Å². The summed E-state index contributed by atoms with van der Waals surface area (Å²) in [5.41, 5.74) is 7.73. The predicted octanol–water partition coefficient (Wildman–Crippen LogP) is 5.29. The molecule has 0 aliphatic carbocycles. The Morgan fingerprint density at radius 1 is 1.17 bits per heavy atom. The molecule has 174 valence electrons. The smallest absolute Gasteiger partial charge is 0.313 e. The highest BCUT2D eigenvalue weighted by molar-refractivity contribution is 5.83. The monoisotopic (exact) mass is 466 g/mol. The molecule has 2 aromatic carbocycles. The van der Waals surface area contributed by atoms with Gasteiger partial charge in [0.15, 0.2) is 0 Å². The first-order valence-corrected chi connectivity index (χ1v) is 10.8. The normalized spacial score (nSPS) is 10.8. The van der Waals surface area contributed by atoms with Gasteiger partial charge in [0.1, 0.15) is 12.4 Å². The van der Waals surface area contributed by atoms with Gasteiger partial charge in [0.05, 0.1) is 22.8 Å². The number of ether oxygens (including phenoxy) is 1. The van der Waals surface area contributed by atoms with Crippen LogP contribution in [0.5, 0.6) is 5.75 Å². The second-order valence-corrected chi connectivity index (χ2v) is 7.71. The molecule has 0 aliphatic heterocycles. The molecule has 9 nitrogen and oxygen atoms in total. The summed E-state index contributed by atoms with van der Waals surface area (Å²) in [6, 6.07) is 22.1. The first-order valence-electron chi connectivity index (χ1n) is 10.8. The topological polar surface area (TPSA) is 118 Å². The van der Waals surface area contributed by atoms with Crippen molar-refractivity contribution in [3.8, 4) is 17.5 Å². The summed E-state index contributed by atoms with van der Waals surface area (Å²) in [4.78, 5) is 14.6. The van der Waals surface area contributed by atoms with Crippen LogP contribution in [0.3, 0.4) is 0 Å². The van der Waals surface area contributed by atoms with Crippen LogP contribution in [0, 0.1) is 35.3 Å². The molecule has 0 bridgehead atoms. The van der Waals surface area contributed by atoms with E-state index in [0.717, 1.165) is 28.2 Å². The molecule has 2 aromatic heterocycles. The zero-order valence-corrected chi connectivity index (χ0v) is 19.2. The van der Waals surface area contributed by atoms with Crippen LogP contribution in [-0.2, 0) is 6.61 Å². The summed E-state index contributed by atoms with van der Waals surface area (Å²) in [5.74, 6) is 0.780. The fourth-order valence-electron chi connectivity index (χ4n) is 3.72. The van der Waals surface area contributed by atoms with E-state index >= 15 is 0 Å². The molecule has 0 saturated carbocycles. The quantitative estimate of drug-likeness (QED) is 0.214. The van der Waals surface area contributed by atoms with Gasteiger partial charge in [-0.15, -0.1) is 0 Å². The van der Waals surface area contributed by atoms with Gasteiger partial charge in [0.2, 0.25) is 5.82 Å². The van der Waals surface area contributed by atoms with Crippen LogP contribution >= 0.6 is 0 Å². The molecule has 2 heterocycles. The first-order chi connectivity index (χ1) is 17.0. The summed E-state index contributed by atoms with van der Waals surface area (Å²) in [5, 5.41) is 24.5. The molecule has 0 radical (unpaired) electrons. The number of nitrogens with one attached hydrogen (secondary N) is 1. The number of aryl methyl sites for hydroxylation is 1. The summed E-state index contributed by atoms with van der Waals surface area (Å²) in [6.07, 6.45) is 3.08. The third kappa shape index (κ3) is 5.17. The zero-order chi connectivity index (χ0) is 24.8. The van der Waals surface area contributed by atoms with Gasteiger partial charge >= 0.3 is 5.69 Å². The van der Waals surface area contributed by atoms with Gasteiger partial charge < -0.3 is 9.30 Å². The largest absolute Gasteiger partial charge is 0.489 e. The lowest BCUT2D eigenvalue weighted by Crippen LogP contribution is -2.01. The zero-order valence-electron chi connectivity index (χ0n) is 19.2. The maximum atomic E-state index is 11.1. The maximum Gasteiger partial charge on any atom is 0.313 e. The molecule has 1 N–H and O–H groups in total. The molecule has 0 saturated heterocycles. The van der Waals surface area contributed by atoms with E-state index in [-0.39, 0.29) is 11.5 Å². The fraction of sp³-hybridized carbons (Fsp3) is 0.115. The Kier molecular flexibility index (Phi) is 6.83. The highest BCUT2D eigenvalue weighted by Crippen LogP contribution is 2.24. The van der Waals surface area contributed by atoms with Gasteiger partial charge in [-0.25, -0.2) is 4.98 Å². The Bertz CT molecular complexity index is 1430. The van der Waals surface area contributed by atoms with Crippen molar-refractivity contribution in [3.05, 3.63) is 111 Å². The lowest BCUT2D eigenvalue weighted by molar-refractivity contribution is -0.384. The molecular weight excluding hydrogens is 444 g/mol. The third-order valence-corrected chi connectivity index (χ3v) is 5.45. The minimum Gasteiger partial charge on any atom is -0.489 e. The predicted molar refractivity (Wildman–Crippen MR) is 133 cm³/mol. The fourth-order valence-corrected chi connectivity index (χ4v) is 3.72. The number of anilines is 1. The molecule has 0 atom stereocenters. The van der Waals surface area contributed by atoms with E-state index in [0.29, 0.717) is 17.9 Å². The average Bonchev–Trinajstić information content (AvgIpc) is 3.16. The molecular formula is C26H22N6O3. The minimum atomic E-state index is -0.508. The molecule has 4 aromatic rings. The van der Waals surface area contributed by atoms with Crippen LogP contribution in [-0.4, -0.2) is 20.7 Å². The average molecular weight is 467 g/mol. The molecule has 0 amide bonds. The van der Waals surface area contributed by atoms with Crippen molar-refractivity contribution >= 4 is 17.7 Å². The van der Waals surface area contributed by atoms with E-state index < -0.39 is 4.92 Å². The van der Waals surface area contributed by atoms with Crippen molar-refractivity contribution in [3.63, 3.8) is 0 Å². The highest BCUT2D eigenvalue weighted by Gasteiger charge is 2.14.